The Morgan fingerprint density at radius 3 is 2.41 bits per heavy atom. The molecule has 29 heavy (non-hydrogen) atoms. The molecule has 0 saturated heterocycles. The number of anilines is 1. The number of imidazole rings is 1. The van der Waals surface area contributed by atoms with Crippen molar-refractivity contribution < 1.29 is 27.5 Å². The van der Waals surface area contributed by atoms with Crippen molar-refractivity contribution in [3.05, 3.63) is 48.6 Å². The van der Waals surface area contributed by atoms with E-state index in [9.17, 15) is 17.6 Å². The second-order valence-electron chi connectivity index (χ2n) is 5.84. The van der Waals surface area contributed by atoms with E-state index in [0.29, 0.717) is 19.0 Å². The van der Waals surface area contributed by atoms with Crippen molar-refractivity contribution in [1.29, 1.82) is 0 Å². The number of hydrogen-bond donors (Lipinski definition) is 1. The molecule has 10 nitrogen and oxygen atoms in total. The molecule has 4 heterocycles. The summed E-state index contributed by atoms with van der Waals surface area (Å²) >= 11 is 0. The zero-order valence-corrected chi connectivity index (χ0v) is 14.7. The Kier molecular flexibility index (Phi) is 5.70. The standard InChI is InChI=1S/C13H13FN8.C2HF3O2/c14-10-3-17-13(18-4-10)20-1-2-22-11(5-16-12(22)7-20)6-21-9-15-8-19-21;3-2(4,5)1(6)7/h3-5,8-9H,1-2,6-7H2;(H,6,7). The lowest BCUT2D eigenvalue weighted by Gasteiger charge is -2.28. The van der Waals surface area contributed by atoms with Crippen LogP contribution in [0.3, 0.4) is 0 Å². The molecule has 0 atom stereocenters. The van der Waals surface area contributed by atoms with Crippen LogP contribution in [-0.4, -0.2) is 58.1 Å². The molecule has 0 aromatic carbocycles. The van der Waals surface area contributed by atoms with E-state index in [1.54, 1.807) is 11.0 Å². The van der Waals surface area contributed by atoms with E-state index >= 15 is 0 Å². The Morgan fingerprint density at radius 1 is 1.14 bits per heavy atom. The Hall–Kier alpha value is -3.58. The van der Waals surface area contributed by atoms with Gasteiger partial charge in [0.05, 0.1) is 37.4 Å². The number of carboxylic acid groups (broad SMARTS) is 1. The van der Waals surface area contributed by atoms with Gasteiger partial charge in [0.2, 0.25) is 5.95 Å². The molecule has 0 amide bonds. The fourth-order valence-corrected chi connectivity index (χ4v) is 2.57. The highest BCUT2D eigenvalue weighted by Gasteiger charge is 2.38. The van der Waals surface area contributed by atoms with Gasteiger partial charge in [0.25, 0.3) is 0 Å². The summed E-state index contributed by atoms with van der Waals surface area (Å²) in [4.78, 5) is 27.3. The van der Waals surface area contributed by atoms with Gasteiger partial charge in [0, 0.05) is 13.1 Å². The van der Waals surface area contributed by atoms with Gasteiger partial charge >= 0.3 is 12.1 Å². The van der Waals surface area contributed by atoms with Crippen molar-refractivity contribution in [2.24, 2.45) is 0 Å². The number of alkyl halides is 3. The van der Waals surface area contributed by atoms with Crippen LogP contribution in [-0.2, 0) is 24.4 Å². The molecular formula is C15H14F4N8O2. The van der Waals surface area contributed by atoms with Crippen molar-refractivity contribution in [2.75, 3.05) is 11.4 Å². The van der Waals surface area contributed by atoms with Crippen LogP contribution in [0.4, 0.5) is 23.5 Å². The minimum Gasteiger partial charge on any atom is -0.475 e. The molecule has 3 aromatic rings. The van der Waals surface area contributed by atoms with Crippen LogP contribution >= 0.6 is 0 Å². The van der Waals surface area contributed by atoms with Crippen molar-refractivity contribution >= 4 is 11.9 Å². The maximum Gasteiger partial charge on any atom is 0.490 e. The van der Waals surface area contributed by atoms with Gasteiger partial charge in [-0.15, -0.1) is 0 Å². The Morgan fingerprint density at radius 2 is 1.83 bits per heavy atom. The SMILES string of the molecule is Fc1cnc(N2CCn3c(Cn4cncn4)cnc3C2)nc1.O=C(O)C(F)(F)F. The molecule has 1 N–H and O–H groups in total. The van der Waals surface area contributed by atoms with Crippen LogP contribution < -0.4 is 4.90 Å². The molecule has 0 fully saturated rings. The molecule has 0 radical (unpaired) electrons. The van der Waals surface area contributed by atoms with E-state index in [0.717, 1.165) is 24.6 Å². The fourth-order valence-electron chi connectivity index (χ4n) is 2.57. The number of nitrogens with zero attached hydrogens (tertiary/aromatic N) is 8. The van der Waals surface area contributed by atoms with Gasteiger partial charge in [-0.2, -0.15) is 18.3 Å². The summed E-state index contributed by atoms with van der Waals surface area (Å²) in [6.45, 7) is 2.77. The Balaban J connectivity index is 0.000000298. The number of carboxylic acids is 1. The second kappa shape index (κ2) is 8.20. The van der Waals surface area contributed by atoms with Crippen LogP contribution in [0.5, 0.6) is 0 Å². The number of aliphatic carboxylic acids is 1. The van der Waals surface area contributed by atoms with Gasteiger partial charge in [0.15, 0.2) is 5.82 Å². The number of rotatable bonds is 3. The molecule has 154 valence electrons. The number of carbonyl (C=O) groups is 1. The average Bonchev–Trinajstić information content (AvgIpc) is 3.32. The maximum absolute atomic E-state index is 12.9. The summed E-state index contributed by atoms with van der Waals surface area (Å²) < 4.78 is 48.6. The maximum atomic E-state index is 12.9. The van der Waals surface area contributed by atoms with E-state index in [2.05, 4.69) is 29.6 Å². The third-order valence-electron chi connectivity index (χ3n) is 3.87. The summed E-state index contributed by atoms with van der Waals surface area (Å²) in [7, 11) is 0. The van der Waals surface area contributed by atoms with Crippen molar-refractivity contribution in [2.45, 2.75) is 25.8 Å². The lowest BCUT2D eigenvalue weighted by atomic mass is 10.3. The van der Waals surface area contributed by atoms with E-state index < -0.39 is 18.0 Å². The van der Waals surface area contributed by atoms with E-state index in [-0.39, 0.29) is 0 Å². The zero-order chi connectivity index (χ0) is 21.0. The van der Waals surface area contributed by atoms with Gasteiger partial charge in [-0.1, -0.05) is 0 Å². The topological polar surface area (TPSA) is 115 Å². The lowest BCUT2D eigenvalue weighted by molar-refractivity contribution is -0.192. The summed E-state index contributed by atoms with van der Waals surface area (Å²) in [5.41, 5.74) is 1.08. The summed E-state index contributed by atoms with van der Waals surface area (Å²) in [5, 5.41) is 11.2. The lowest BCUT2D eigenvalue weighted by Crippen LogP contribution is -2.35. The predicted octanol–water partition coefficient (Wildman–Crippen LogP) is 1.11. The van der Waals surface area contributed by atoms with Crippen LogP contribution in [0, 0.1) is 5.82 Å². The molecule has 0 spiro atoms. The summed E-state index contributed by atoms with van der Waals surface area (Å²) in [6, 6.07) is 0. The fraction of sp³-hybridized carbons (Fsp3) is 0.333. The van der Waals surface area contributed by atoms with Gasteiger partial charge in [-0.3, -0.25) is 0 Å². The zero-order valence-electron chi connectivity index (χ0n) is 14.7. The molecule has 0 aliphatic carbocycles. The normalized spacial score (nSPS) is 13.4. The number of hydrogen-bond acceptors (Lipinski definition) is 7. The summed E-state index contributed by atoms with van der Waals surface area (Å²) in [6.07, 6.45) is 2.33. The molecule has 1 aliphatic rings. The highest BCUT2D eigenvalue weighted by atomic mass is 19.4. The van der Waals surface area contributed by atoms with Crippen molar-refractivity contribution in [1.82, 2.24) is 34.3 Å². The van der Waals surface area contributed by atoms with Crippen LogP contribution in [0.1, 0.15) is 11.5 Å². The minimum absolute atomic E-state index is 0.433. The smallest absolute Gasteiger partial charge is 0.475 e. The van der Waals surface area contributed by atoms with Gasteiger partial charge < -0.3 is 14.6 Å². The molecule has 1 aliphatic heterocycles. The predicted molar refractivity (Wildman–Crippen MR) is 88.1 cm³/mol. The number of halogens is 4. The van der Waals surface area contributed by atoms with Gasteiger partial charge in [-0.05, 0) is 0 Å². The number of aromatic nitrogens is 7. The second-order valence-corrected chi connectivity index (χ2v) is 5.84. The van der Waals surface area contributed by atoms with E-state index in [1.165, 1.54) is 18.7 Å². The van der Waals surface area contributed by atoms with Crippen molar-refractivity contribution in [3.8, 4) is 0 Å². The Bertz CT molecular complexity index is 956. The third-order valence-corrected chi connectivity index (χ3v) is 3.87. The molecule has 14 heteroatoms. The first-order valence-corrected chi connectivity index (χ1v) is 8.12. The number of fused-ring (bicyclic) bond motifs is 1. The average molecular weight is 414 g/mol. The third kappa shape index (κ3) is 5.03. The highest BCUT2D eigenvalue weighted by molar-refractivity contribution is 5.73. The largest absolute Gasteiger partial charge is 0.490 e. The first kappa shape index (κ1) is 20.2. The van der Waals surface area contributed by atoms with Crippen molar-refractivity contribution in [3.63, 3.8) is 0 Å². The summed E-state index contributed by atoms with van der Waals surface area (Å²) in [5.74, 6) is -1.73. The van der Waals surface area contributed by atoms with Gasteiger partial charge in [-0.25, -0.2) is 33.8 Å². The van der Waals surface area contributed by atoms with Crippen LogP contribution in [0.2, 0.25) is 0 Å². The molecular weight excluding hydrogens is 400 g/mol. The highest BCUT2D eigenvalue weighted by Crippen LogP contribution is 2.18. The molecule has 0 unspecified atom stereocenters. The molecule has 0 saturated carbocycles. The van der Waals surface area contributed by atoms with Crippen LogP contribution in [0.15, 0.2) is 31.2 Å². The molecule has 0 bridgehead atoms. The minimum atomic E-state index is -5.08. The molecule has 3 aromatic heterocycles. The Labute approximate surface area is 160 Å². The first-order chi connectivity index (χ1) is 13.7. The molecule has 4 rings (SSSR count). The monoisotopic (exact) mass is 414 g/mol. The first-order valence-electron chi connectivity index (χ1n) is 8.12. The van der Waals surface area contributed by atoms with E-state index in [1.807, 2.05) is 11.1 Å². The van der Waals surface area contributed by atoms with E-state index in [4.69, 9.17) is 9.90 Å². The quantitative estimate of drug-likeness (QED) is 0.634. The van der Waals surface area contributed by atoms with Crippen LogP contribution in [0.25, 0.3) is 0 Å². The van der Waals surface area contributed by atoms with Gasteiger partial charge in [0.1, 0.15) is 18.5 Å².